The predicted molar refractivity (Wildman–Crippen MR) is 81.3 cm³/mol. The van der Waals surface area contributed by atoms with Gasteiger partial charge in [-0.3, -0.25) is 0 Å². The number of ether oxygens (including phenoxy) is 2. The van der Waals surface area contributed by atoms with Crippen molar-refractivity contribution in [3.05, 3.63) is 28.5 Å². The summed E-state index contributed by atoms with van der Waals surface area (Å²) in [5.41, 5.74) is 0. The molecule has 0 spiro atoms. The van der Waals surface area contributed by atoms with Crippen molar-refractivity contribution >= 4 is 26.0 Å². The maximum absolute atomic E-state index is 13.9. The van der Waals surface area contributed by atoms with Crippen LogP contribution in [0.5, 0.6) is 0 Å². The molecule has 8 heteroatoms. The summed E-state index contributed by atoms with van der Waals surface area (Å²) in [4.78, 5) is -0.284. The zero-order valence-corrected chi connectivity index (χ0v) is 14.3. The number of benzene rings is 1. The van der Waals surface area contributed by atoms with Crippen molar-refractivity contribution in [3.63, 3.8) is 0 Å². The number of hydrogen-bond acceptors (Lipinski definition) is 4. The Balaban J connectivity index is 1.73. The van der Waals surface area contributed by atoms with Gasteiger partial charge >= 0.3 is 0 Å². The summed E-state index contributed by atoms with van der Waals surface area (Å²) in [7, 11) is -3.82. The summed E-state index contributed by atoms with van der Waals surface area (Å²) in [5, 5.41) is 0. The third-order valence-electron chi connectivity index (χ3n) is 4.04. The van der Waals surface area contributed by atoms with Gasteiger partial charge < -0.3 is 9.47 Å². The molecule has 2 heterocycles. The van der Waals surface area contributed by atoms with E-state index in [1.54, 1.807) is 0 Å². The number of nitrogens with zero attached hydrogens (tertiary/aromatic N) is 1. The van der Waals surface area contributed by atoms with Gasteiger partial charge in [-0.25, -0.2) is 12.8 Å². The molecule has 5 nitrogen and oxygen atoms in total. The number of hydrogen-bond donors (Lipinski definition) is 0. The van der Waals surface area contributed by atoms with Crippen LogP contribution in [0, 0.1) is 11.7 Å². The fourth-order valence-corrected chi connectivity index (χ4v) is 4.92. The minimum atomic E-state index is -3.82. The van der Waals surface area contributed by atoms with E-state index in [-0.39, 0.29) is 17.1 Å². The van der Waals surface area contributed by atoms with Crippen LogP contribution in [0.15, 0.2) is 27.6 Å². The molecule has 0 aromatic heterocycles. The van der Waals surface area contributed by atoms with Crippen molar-refractivity contribution in [1.82, 2.24) is 4.31 Å². The minimum absolute atomic E-state index is 0.196. The third-order valence-corrected chi connectivity index (χ3v) is 6.45. The minimum Gasteiger partial charge on any atom is -0.350 e. The van der Waals surface area contributed by atoms with Crippen LogP contribution < -0.4 is 0 Å². The molecular weight excluding hydrogens is 377 g/mol. The number of halogens is 2. The monoisotopic (exact) mass is 393 g/mol. The molecule has 0 saturated carbocycles. The molecule has 0 amide bonds. The van der Waals surface area contributed by atoms with Crippen LogP contribution in [-0.4, -0.2) is 45.3 Å². The topological polar surface area (TPSA) is 55.8 Å². The maximum Gasteiger partial charge on any atom is 0.246 e. The Bertz CT molecular complexity index is 640. The molecule has 2 aliphatic heterocycles. The summed E-state index contributed by atoms with van der Waals surface area (Å²) < 4.78 is 51.9. The van der Waals surface area contributed by atoms with Gasteiger partial charge in [0.2, 0.25) is 10.0 Å². The molecule has 0 radical (unpaired) electrons. The van der Waals surface area contributed by atoms with Crippen molar-refractivity contribution in [2.24, 2.45) is 5.92 Å². The van der Waals surface area contributed by atoms with E-state index in [0.29, 0.717) is 43.6 Å². The summed E-state index contributed by atoms with van der Waals surface area (Å²) in [6, 6.07) is 3.94. The van der Waals surface area contributed by atoms with Crippen LogP contribution >= 0.6 is 15.9 Å². The normalized spacial score (nSPS) is 22.3. The Hall–Kier alpha value is -0.540. The van der Waals surface area contributed by atoms with Gasteiger partial charge in [0, 0.05) is 23.5 Å². The van der Waals surface area contributed by atoms with Crippen LogP contribution in [0.25, 0.3) is 0 Å². The van der Waals surface area contributed by atoms with E-state index in [1.807, 2.05) is 0 Å². The maximum atomic E-state index is 13.9. The zero-order valence-electron chi connectivity index (χ0n) is 11.9. The van der Waals surface area contributed by atoms with Crippen molar-refractivity contribution < 1.29 is 22.3 Å². The number of rotatable bonds is 3. The first-order valence-corrected chi connectivity index (χ1v) is 9.40. The molecule has 0 aliphatic carbocycles. The molecule has 3 rings (SSSR count). The van der Waals surface area contributed by atoms with E-state index in [0.717, 1.165) is 6.07 Å². The summed E-state index contributed by atoms with van der Waals surface area (Å²) in [5.74, 6) is -0.533. The van der Waals surface area contributed by atoms with Crippen LogP contribution in [0.4, 0.5) is 4.39 Å². The van der Waals surface area contributed by atoms with Gasteiger partial charge in [-0.05, 0) is 31.0 Å². The van der Waals surface area contributed by atoms with Crippen molar-refractivity contribution in [2.75, 3.05) is 26.3 Å². The van der Waals surface area contributed by atoms with Gasteiger partial charge in [0.05, 0.1) is 13.2 Å². The van der Waals surface area contributed by atoms with Crippen molar-refractivity contribution in [1.29, 1.82) is 0 Å². The smallest absolute Gasteiger partial charge is 0.246 e. The Kier molecular flexibility index (Phi) is 4.84. The molecule has 2 saturated heterocycles. The predicted octanol–water partition coefficient (Wildman–Crippen LogP) is 2.36. The second kappa shape index (κ2) is 6.52. The van der Waals surface area contributed by atoms with Gasteiger partial charge in [0.1, 0.15) is 10.7 Å². The molecule has 2 aliphatic rings. The molecule has 2 fully saturated rings. The Morgan fingerprint density at radius 2 is 1.82 bits per heavy atom. The van der Waals surface area contributed by atoms with E-state index in [2.05, 4.69) is 15.9 Å². The molecule has 1 aromatic rings. The van der Waals surface area contributed by atoms with Crippen LogP contribution in [-0.2, 0) is 19.5 Å². The molecular formula is C14H17BrFNO4S. The van der Waals surface area contributed by atoms with Crippen LogP contribution in [0.3, 0.4) is 0 Å². The lowest BCUT2D eigenvalue weighted by atomic mass is 9.98. The Labute approximate surface area is 137 Å². The lowest BCUT2D eigenvalue weighted by Crippen LogP contribution is -2.41. The highest BCUT2D eigenvalue weighted by Gasteiger charge is 2.35. The summed E-state index contributed by atoms with van der Waals surface area (Å²) >= 11 is 3.18. The molecule has 0 bridgehead atoms. The fraction of sp³-hybridized carbons (Fsp3) is 0.571. The molecule has 0 unspecified atom stereocenters. The second-order valence-corrected chi connectivity index (χ2v) is 8.25. The Morgan fingerprint density at radius 1 is 1.18 bits per heavy atom. The summed E-state index contributed by atoms with van der Waals surface area (Å²) in [6.45, 7) is 1.88. The lowest BCUT2D eigenvalue weighted by Gasteiger charge is -2.33. The van der Waals surface area contributed by atoms with Crippen molar-refractivity contribution in [3.8, 4) is 0 Å². The van der Waals surface area contributed by atoms with Gasteiger partial charge in [-0.1, -0.05) is 15.9 Å². The van der Waals surface area contributed by atoms with Gasteiger partial charge in [-0.15, -0.1) is 0 Å². The van der Waals surface area contributed by atoms with Gasteiger partial charge in [-0.2, -0.15) is 4.31 Å². The first-order chi connectivity index (χ1) is 10.5. The van der Waals surface area contributed by atoms with Crippen molar-refractivity contribution in [2.45, 2.75) is 24.0 Å². The second-order valence-electron chi connectivity index (χ2n) is 5.43. The van der Waals surface area contributed by atoms with Crippen LogP contribution in [0.1, 0.15) is 12.8 Å². The zero-order chi connectivity index (χ0) is 15.7. The Morgan fingerprint density at radius 3 is 2.45 bits per heavy atom. The first kappa shape index (κ1) is 16.3. The van der Waals surface area contributed by atoms with E-state index < -0.39 is 15.8 Å². The van der Waals surface area contributed by atoms with Gasteiger partial charge in [0.15, 0.2) is 6.29 Å². The lowest BCUT2D eigenvalue weighted by molar-refractivity contribution is -0.0938. The standard InChI is InChI=1S/C14H17BrFNO4S/c15-11-1-2-12(16)13(9-11)22(18,19)17-5-3-10(4-6-17)14-20-7-8-21-14/h1-2,9-10,14H,3-8H2. The SMILES string of the molecule is O=S(=O)(c1cc(Br)ccc1F)N1CCC(C2OCCO2)CC1. The highest BCUT2D eigenvalue weighted by atomic mass is 79.9. The molecule has 22 heavy (non-hydrogen) atoms. The molecule has 0 atom stereocenters. The van der Waals surface area contributed by atoms with E-state index in [9.17, 15) is 12.8 Å². The average Bonchev–Trinajstić information content (AvgIpc) is 3.04. The highest BCUT2D eigenvalue weighted by Crippen LogP contribution is 2.30. The van der Waals surface area contributed by atoms with E-state index >= 15 is 0 Å². The number of sulfonamides is 1. The molecule has 122 valence electrons. The fourth-order valence-electron chi connectivity index (χ4n) is 2.85. The largest absolute Gasteiger partial charge is 0.350 e. The molecule has 0 N–H and O–H groups in total. The van der Waals surface area contributed by atoms with Crippen LogP contribution in [0.2, 0.25) is 0 Å². The van der Waals surface area contributed by atoms with E-state index in [1.165, 1.54) is 16.4 Å². The average molecular weight is 394 g/mol. The highest BCUT2D eigenvalue weighted by molar-refractivity contribution is 9.10. The molecule has 1 aromatic carbocycles. The first-order valence-electron chi connectivity index (χ1n) is 7.17. The summed E-state index contributed by atoms with van der Waals surface area (Å²) in [6.07, 6.45) is 1.08. The van der Waals surface area contributed by atoms with Gasteiger partial charge in [0.25, 0.3) is 0 Å². The third kappa shape index (κ3) is 3.21. The number of piperidine rings is 1. The quantitative estimate of drug-likeness (QED) is 0.790. The van der Waals surface area contributed by atoms with E-state index in [4.69, 9.17) is 9.47 Å².